The van der Waals surface area contributed by atoms with Crippen molar-refractivity contribution < 1.29 is 9.53 Å². The SMILES string of the molecule is CN1CCN(CCCOc2ccc(CN3CCCC3)cc2)CC1.O=CN1CCCC1. The van der Waals surface area contributed by atoms with Crippen LogP contribution in [-0.4, -0.2) is 98.6 Å². The highest BCUT2D eigenvalue weighted by molar-refractivity contribution is 5.47. The fourth-order valence-corrected chi connectivity index (χ4v) is 4.29. The first-order valence-corrected chi connectivity index (χ1v) is 11.8. The van der Waals surface area contributed by atoms with Crippen LogP contribution in [0.5, 0.6) is 5.75 Å². The average molecular weight is 417 g/mol. The van der Waals surface area contributed by atoms with Crippen molar-refractivity contribution in [2.45, 2.75) is 38.6 Å². The molecule has 0 radical (unpaired) electrons. The maximum atomic E-state index is 9.93. The van der Waals surface area contributed by atoms with Gasteiger partial charge in [0.2, 0.25) is 6.41 Å². The molecular weight excluding hydrogens is 376 g/mol. The predicted molar refractivity (Wildman–Crippen MR) is 122 cm³/mol. The maximum absolute atomic E-state index is 9.93. The van der Waals surface area contributed by atoms with Gasteiger partial charge in [-0.3, -0.25) is 9.69 Å². The van der Waals surface area contributed by atoms with Gasteiger partial charge in [0, 0.05) is 52.4 Å². The first-order valence-electron chi connectivity index (χ1n) is 11.8. The number of benzene rings is 1. The van der Waals surface area contributed by atoms with Crippen molar-refractivity contribution in [2.24, 2.45) is 0 Å². The van der Waals surface area contributed by atoms with Gasteiger partial charge in [0.15, 0.2) is 0 Å². The quantitative estimate of drug-likeness (QED) is 0.481. The van der Waals surface area contributed by atoms with Gasteiger partial charge in [0.25, 0.3) is 0 Å². The Labute approximate surface area is 182 Å². The number of carbonyl (C=O) groups is 1. The lowest BCUT2D eigenvalue weighted by Crippen LogP contribution is -2.44. The van der Waals surface area contributed by atoms with Gasteiger partial charge < -0.3 is 19.4 Å². The van der Waals surface area contributed by atoms with Crippen LogP contribution < -0.4 is 4.74 Å². The van der Waals surface area contributed by atoms with Gasteiger partial charge >= 0.3 is 0 Å². The van der Waals surface area contributed by atoms with Gasteiger partial charge in [-0.1, -0.05) is 12.1 Å². The molecule has 0 unspecified atom stereocenters. The molecule has 3 aliphatic heterocycles. The summed E-state index contributed by atoms with van der Waals surface area (Å²) in [4.78, 5) is 19.2. The standard InChI is InChI=1S/C19H31N3O.C5H9NO/c1-20-12-14-21(15-13-20)11-4-16-23-19-7-5-18(6-8-19)17-22-9-2-3-10-22;7-5-6-3-1-2-4-6/h5-8H,2-4,9-17H2,1H3;5H,1-4H2. The molecule has 3 aliphatic rings. The molecule has 0 bridgehead atoms. The van der Waals surface area contributed by atoms with Crippen LogP contribution in [0.2, 0.25) is 0 Å². The van der Waals surface area contributed by atoms with Crippen LogP contribution in [0.25, 0.3) is 0 Å². The van der Waals surface area contributed by atoms with E-state index in [0.29, 0.717) is 0 Å². The number of hydrogen-bond acceptors (Lipinski definition) is 5. The maximum Gasteiger partial charge on any atom is 0.209 e. The summed E-state index contributed by atoms with van der Waals surface area (Å²) in [6, 6.07) is 8.69. The van der Waals surface area contributed by atoms with Crippen LogP contribution in [0.1, 0.15) is 37.7 Å². The third-order valence-corrected chi connectivity index (χ3v) is 6.30. The number of piperazine rings is 1. The monoisotopic (exact) mass is 416 g/mol. The van der Waals surface area contributed by atoms with E-state index in [1.54, 1.807) is 4.90 Å². The molecule has 3 saturated heterocycles. The molecule has 6 heteroatoms. The minimum absolute atomic E-state index is 0.817. The molecule has 1 aromatic rings. The largest absolute Gasteiger partial charge is 0.494 e. The number of hydrogen-bond donors (Lipinski definition) is 0. The Morgan fingerprint density at radius 3 is 2.07 bits per heavy atom. The first-order chi connectivity index (χ1) is 14.7. The second-order valence-corrected chi connectivity index (χ2v) is 8.82. The smallest absolute Gasteiger partial charge is 0.209 e. The normalized spacial score (nSPS) is 20.8. The Morgan fingerprint density at radius 1 is 0.833 bits per heavy atom. The number of carbonyl (C=O) groups excluding carboxylic acids is 1. The molecule has 3 heterocycles. The summed E-state index contributed by atoms with van der Waals surface area (Å²) < 4.78 is 5.89. The zero-order valence-electron chi connectivity index (χ0n) is 18.8. The molecule has 4 rings (SSSR count). The zero-order chi connectivity index (χ0) is 21.0. The summed E-state index contributed by atoms with van der Waals surface area (Å²) in [6.45, 7) is 12.3. The summed E-state index contributed by atoms with van der Waals surface area (Å²) >= 11 is 0. The second-order valence-electron chi connectivity index (χ2n) is 8.82. The molecule has 0 aliphatic carbocycles. The van der Waals surface area contributed by atoms with Crippen LogP contribution in [0.15, 0.2) is 24.3 Å². The Morgan fingerprint density at radius 2 is 1.47 bits per heavy atom. The minimum atomic E-state index is 0.817. The molecule has 0 aromatic heterocycles. The van der Waals surface area contributed by atoms with Gasteiger partial charge in [-0.05, 0) is 69.9 Å². The van der Waals surface area contributed by atoms with Crippen molar-refractivity contribution in [1.82, 2.24) is 19.6 Å². The molecule has 3 fully saturated rings. The molecule has 0 saturated carbocycles. The highest BCUT2D eigenvalue weighted by atomic mass is 16.5. The van der Waals surface area contributed by atoms with Gasteiger partial charge in [0.1, 0.15) is 5.75 Å². The Kier molecular flexibility index (Phi) is 9.93. The number of rotatable bonds is 8. The number of likely N-dealkylation sites (N-methyl/N-ethyl adjacent to an activating group) is 1. The van der Waals surface area contributed by atoms with Crippen molar-refractivity contribution in [3.8, 4) is 5.75 Å². The predicted octanol–water partition coefficient (Wildman–Crippen LogP) is 2.54. The third kappa shape index (κ3) is 8.25. The summed E-state index contributed by atoms with van der Waals surface area (Å²) in [5, 5.41) is 0. The van der Waals surface area contributed by atoms with Crippen LogP contribution >= 0.6 is 0 Å². The van der Waals surface area contributed by atoms with Crippen molar-refractivity contribution in [1.29, 1.82) is 0 Å². The van der Waals surface area contributed by atoms with Crippen molar-refractivity contribution >= 4 is 6.41 Å². The molecule has 0 atom stereocenters. The van der Waals surface area contributed by atoms with E-state index in [2.05, 4.69) is 46.0 Å². The molecule has 30 heavy (non-hydrogen) atoms. The molecule has 1 amide bonds. The van der Waals surface area contributed by atoms with E-state index in [0.717, 1.165) is 51.4 Å². The Balaban J connectivity index is 0.000000310. The summed E-state index contributed by atoms with van der Waals surface area (Å²) in [6.07, 6.45) is 7.13. The molecule has 0 spiro atoms. The van der Waals surface area contributed by atoms with E-state index in [1.807, 2.05) is 0 Å². The number of amides is 1. The molecule has 6 nitrogen and oxygen atoms in total. The van der Waals surface area contributed by atoms with E-state index in [4.69, 9.17) is 4.74 Å². The van der Waals surface area contributed by atoms with Gasteiger partial charge in [-0.2, -0.15) is 0 Å². The highest BCUT2D eigenvalue weighted by Crippen LogP contribution is 2.16. The van der Waals surface area contributed by atoms with E-state index >= 15 is 0 Å². The molecular formula is C24H40N4O2. The minimum Gasteiger partial charge on any atom is -0.494 e. The topological polar surface area (TPSA) is 39.3 Å². The summed E-state index contributed by atoms with van der Waals surface area (Å²) in [5.41, 5.74) is 1.40. The summed E-state index contributed by atoms with van der Waals surface area (Å²) in [7, 11) is 2.20. The highest BCUT2D eigenvalue weighted by Gasteiger charge is 2.13. The van der Waals surface area contributed by atoms with E-state index in [-0.39, 0.29) is 0 Å². The lowest BCUT2D eigenvalue weighted by molar-refractivity contribution is -0.117. The number of likely N-dealkylation sites (tertiary alicyclic amines) is 2. The lowest BCUT2D eigenvalue weighted by Gasteiger charge is -2.32. The first kappa shape index (κ1) is 23.0. The Hall–Kier alpha value is -1.63. The Bertz CT molecular complexity index is 590. The molecule has 1 aromatic carbocycles. The number of nitrogens with zero attached hydrogens (tertiary/aromatic N) is 4. The third-order valence-electron chi connectivity index (χ3n) is 6.30. The van der Waals surface area contributed by atoms with Crippen molar-refractivity contribution in [3.05, 3.63) is 29.8 Å². The molecule has 168 valence electrons. The lowest BCUT2D eigenvalue weighted by atomic mass is 10.2. The van der Waals surface area contributed by atoms with E-state index in [1.165, 1.54) is 70.5 Å². The average Bonchev–Trinajstić information content (AvgIpc) is 3.48. The zero-order valence-corrected chi connectivity index (χ0v) is 18.8. The van der Waals surface area contributed by atoms with E-state index in [9.17, 15) is 4.79 Å². The van der Waals surface area contributed by atoms with Gasteiger partial charge in [-0.25, -0.2) is 0 Å². The summed E-state index contributed by atoms with van der Waals surface area (Å²) in [5.74, 6) is 1.01. The van der Waals surface area contributed by atoms with Crippen LogP contribution in [0.4, 0.5) is 0 Å². The molecule has 0 N–H and O–H groups in total. The number of ether oxygens (including phenoxy) is 1. The van der Waals surface area contributed by atoms with Crippen LogP contribution in [-0.2, 0) is 11.3 Å². The van der Waals surface area contributed by atoms with E-state index < -0.39 is 0 Å². The fraction of sp³-hybridized carbons (Fsp3) is 0.708. The van der Waals surface area contributed by atoms with Gasteiger partial charge in [-0.15, -0.1) is 0 Å². The second kappa shape index (κ2) is 12.9. The van der Waals surface area contributed by atoms with Crippen LogP contribution in [0, 0.1) is 0 Å². The van der Waals surface area contributed by atoms with Crippen molar-refractivity contribution in [3.63, 3.8) is 0 Å². The van der Waals surface area contributed by atoms with Crippen molar-refractivity contribution in [2.75, 3.05) is 72.6 Å². The van der Waals surface area contributed by atoms with Gasteiger partial charge in [0.05, 0.1) is 6.61 Å². The fourth-order valence-electron chi connectivity index (χ4n) is 4.29. The van der Waals surface area contributed by atoms with Crippen LogP contribution in [0.3, 0.4) is 0 Å².